The summed E-state index contributed by atoms with van der Waals surface area (Å²) in [6.07, 6.45) is 0.644. The summed E-state index contributed by atoms with van der Waals surface area (Å²) in [4.78, 5) is 15.0. The van der Waals surface area contributed by atoms with Gasteiger partial charge in [-0.3, -0.25) is 0 Å². The average molecular weight is 281 g/mol. The molecule has 1 aliphatic rings. The van der Waals surface area contributed by atoms with E-state index in [1.807, 2.05) is 20.8 Å². The van der Waals surface area contributed by atoms with Crippen LogP contribution in [0.1, 0.15) is 27.2 Å². The summed E-state index contributed by atoms with van der Waals surface area (Å²) in [6, 6.07) is 0.342. The van der Waals surface area contributed by atoms with Crippen LogP contribution in [0.5, 0.6) is 6.01 Å². The molecule has 1 aliphatic heterocycles. The molecule has 2 atom stereocenters. The van der Waals surface area contributed by atoms with Crippen LogP contribution in [0.15, 0.2) is 0 Å². The van der Waals surface area contributed by atoms with Gasteiger partial charge in [-0.25, -0.2) is 0 Å². The van der Waals surface area contributed by atoms with Crippen molar-refractivity contribution < 1.29 is 9.84 Å². The second-order valence-corrected chi connectivity index (χ2v) is 4.94. The van der Waals surface area contributed by atoms with E-state index in [0.29, 0.717) is 24.5 Å². The van der Waals surface area contributed by atoms with E-state index < -0.39 is 0 Å². The summed E-state index contributed by atoms with van der Waals surface area (Å²) in [5.74, 6) is 1.41. The average Bonchev–Trinajstić information content (AvgIpc) is 2.89. The lowest BCUT2D eigenvalue weighted by Gasteiger charge is -2.18. The smallest absolute Gasteiger partial charge is 0.323 e. The van der Waals surface area contributed by atoms with Crippen LogP contribution in [0.3, 0.4) is 0 Å². The van der Waals surface area contributed by atoms with E-state index in [1.165, 1.54) is 0 Å². The van der Waals surface area contributed by atoms with E-state index in [1.54, 1.807) is 0 Å². The molecular formula is C13H23N5O2. The molecule has 0 bridgehead atoms. The molecule has 7 heteroatoms. The van der Waals surface area contributed by atoms with Crippen molar-refractivity contribution in [3.05, 3.63) is 0 Å². The number of anilines is 2. The van der Waals surface area contributed by atoms with E-state index in [9.17, 15) is 5.11 Å². The van der Waals surface area contributed by atoms with Crippen LogP contribution in [0, 0.1) is 5.92 Å². The van der Waals surface area contributed by atoms with Gasteiger partial charge in [-0.05, 0) is 27.2 Å². The molecule has 0 radical (unpaired) electrons. The molecule has 20 heavy (non-hydrogen) atoms. The molecule has 2 heterocycles. The topological polar surface area (TPSA) is 83.4 Å². The molecule has 1 aromatic rings. The fraction of sp³-hybridized carbons (Fsp3) is 0.769. The minimum atomic E-state index is -0.304. The Morgan fingerprint density at radius 1 is 1.40 bits per heavy atom. The van der Waals surface area contributed by atoms with Gasteiger partial charge < -0.3 is 20.1 Å². The Balaban J connectivity index is 2.17. The summed E-state index contributed by atoms with van der Waals surface area (Å²) >= 11 is 0. The summed E-state index contributed by atoms with van der Waals surface area (Å²) in [5, 5.41) is 12.8. The van der Waals surface area contributed by atoms with Gasteiger partial charge in [0.15, 0.2) is 0 Å². The molecule has 112 valence electrons. The van der Waals surface area contributed by atoms with Crippen LogP contribution in [0.2, 0.25) is 0 Å². The van der Waals surface area contributed by atoms with Gasteiger partial charge in [0.2, 0.25) is 11.9 Å². The van der Waals surface area contributed by atoms with Crippen molar-refractivity contribution in [3.8, 4) is 6.01 Å². The standard InChI is InChI=1S/C13H23N5O2/c1-4-14-11-15-12(17-13(16-11)20-5-2)18-7-6-10(8-18)9(3)19/h9-10,19H,4-8H2,1-3H3,(H,14,15,16,17). The molecule has 2 rings (SSSR count). The minimum Gasteiger partial charge on any atom is -0.464 e. The summed E-state index contributed by atoms with van der Waals surface area (Å²) in [5.41, 5.74) is 0. The highest BCUT2D eigenvalue weighted by Crippen LogP contribution is 2.24. The van der Waals surface area contributed by atoms with Crippen molar-refractivity contribution in [2.45, 2.75) is 33.3 Å². The Kier molecular flexibility index (Phi) is 4.94. The monoisotopic (exact) mass is 281 g/mol. The highest BCUT2D eigenvalue weighted by Gasteiger charge is 2.28. The first-order valence-corrected chi connectivity index (χ1v) is 7.19. The predicted molar refractivity (Wildman–Crippen MR) is 77.2 cm³/mol. The first kappa shape index (κ1) is 14.8. The Hall–Kier alpha value is -1.63. The molecule has 0 saturated carbocycles. The van der Waals surface area contributed by atoms with Gasteiger partial charge in [0.25, 0.3) is 0 Å². The zero-order valence-corrected chi connectivity index (χ0v) is 12.3. The predicted octanol–water partition coefficient (Wildman–Crippen LogP) is 0.909. The van der Waals surface area contributed by atoms with Crippen molar-refractivity contribution in [1.29, 1.82) is 0 Å². The fourth-order valence-electron chi connectivity index (χ4n) is 2.28. The second-order valence-electron chi connectivity index (χ2n) is 4.94. The summed E-state index contributed by atoms with van der Waals surface area (Å²) < 4.78 is 5.39. The Morgan fingerprint density at radius 2 is 2.20 bits per heavy atom. The zero-order chi connectivity index (χ0) is 14.5. The maximum Gasteiger partial charge on any atom is 0.323 e. The number of nitrogens with zero attached hydrogens (tertiary/aromatic N) is 4. The fourth-order valence-corrected chi connectivity index (χ4v) is 2.28. The van der Waals surface area contributed by atoms with Crippen LogP contribution < -0.4 is 15.0 Å². The number of nitrogens with one attached hydrogen (secondary N) is 1. The van der Waals surface area contributed by atoms with Crippen molar-refractivity contribution in [3.63, 3.8) is 0 Å². The summed E-state index contributed by atoms with van der Waals surface area (Å²) in [6.45, 7) is 8.59. The van der Waals surface area contributed by atoms with Crippen molar-refractivity contribution in [2.75, 3.05) is 36.5 Å². The zero-order valence-electron chi connectivity index (χ0n) is 12.3. The van der Waals surface area contributed by atoms with E-state index in [4.69, 9.17) is 4.74 Å². The molecule has 0 aromatic carbocycles. The molecule has 1 aromatic heterocycles. The number of ether oxygens (including phenoxy) is 1. The van der Waals surface area contributed by atoms with Crippen molar-refractivity contribution >= 4 is 11.9 Å². The van der Waals surface area contributed by atoms with Gasteiger partial charge >= 0.3 is 6.01 Å². The van der Waals surface area contributed by atoms with E-state index >= 15 is 0 Å². The van der Waals surface area contributed by atoms with Gasteiger partial charge in [0.1, 0.15) is 0 Å². The Morgan fingerprint density at radius 3 is 2.80 bits per heavy atom. The maximum absolute atomic E-state index is 9.68. The minimum absolute atomic E-state index is 0.268. The maximum atomic E-state index is 9.68. The summed E-state index contributed by atoms with van der Waals surface area (Å²) in [7, 11) is 0. The van der Waals surface area contributed by atoms with E-state index in [0.717, 1.165) is 26.1 Å². The van der Waals surface area contributed by atoms with Gasteiger partial charge in [0, 0.05) is 25.6 Å². The largest absolute Gasteiger partial charge is 0.464 e. The van der Waals surface area contributed by atoms with E-state index in [2.05, 4.69) is 25.2 Å². The lowest BCUT2D eigenvalue weighted by molar-refractivity contribution is 0.136. The number of rotatable bonds is 6. The van der Waals surface area contributed by atoms with Crippen molar-refractivity contribution in [1.82, 2.24) is 15.0 Å². The molecule has 2 N–H and O–H groups in total. The van der Waals surface area contributed by atoms with Crippen LogP contribution in [0.25, 0.3) is 0 Å². The Labute approximate surface area is 119 Å². The molecule has 0 spiro atoms. The van der Waals surface area contributed by atoms with Crippen molar-refractivity contribution in [2.24, 2.45) is 5.92 Å². The molecule has 2 unspecified atom stereocenters. The molecule has 7 nitrogen and oxygen atoms in total. The third-order valence-corrected chi connectivity index (χ3v) is 3.40. The molecule has 1 fully saturated rings. The quantitative estimate of drug-likeness (QED) is 0.801. The molecular weight excluding hydrogens is 258 g/mol. The van der Waals surface area contributed by atoms with E-state index in [-0.39, 0.29) is 12.0 Å². The lowest BCUT2D eigenvalue weighted by atomic mass is 10.0. The van der Waals surface area contributed by atoms with Crippen LogP contribution >= 0.6 is 0 Å². The molecule has 0 aliphatic carbocycles. The van der Waals surface area contributed by atoms with Crippen LogP contribution in [-0.2, 0) is 0 Å². The second kappa shape index (κ2) is 6.69. The highest BCUT2D eigenvalue weighted by molar-refractivity contribution is 5.39. The van der Waals surface area contributed by atoms with Gasteiger partial charge in [-0.15, -0.1) is 0 Å². The number of aliphatic hydroxyl groups is 1. The highest BCUT2D eigenvalue weighted by atomic mass is 16.5. The first-order chi connectivity index (χ1) is 9.63. The third kappa shape index (κ3) is 3.47. The SMILES string of the molecule is CCNc1nc(OCC)nc(N2CCC(C(C)O)C2)n1. The molecule has 0 amide bonds. The Bertz CT molecular complexity index is 417. The van der Waals surface area contributed by atoms with Crippen LogP contribution in [-0.4, -0.2) is 52.4 Å². The number of hydrogen-bond acceptors (Lipinski definition) is 7. The van der Waals surface area contributed by atoms with Gasteiger partial charge in [0.05, 0.1) is 12.7 Å². The normalized spacial score (nSPS) is 20.0. The molecule has 1 saturated heterocycles. The van der Waals surface area contributed by atoms with Gasteiger partial charge in [-0.1, -0.05) is 0 Å². The lowest BCUT2D eigenvalue weighted by Crippen LogP contribution is -2.26. The number of hydrogen-bond donors (Lipinski definition) is 2. The van der Waals surface area contributed by atoms with Crippen LogP contribution in [0.4, 0.5) is 11.9 Å². The third-order valence-electron chi connectivity index (χ3n) is 3.40. The first-order valence-electron chi connectivity index (χ1n) is 7.19. The number of aromatic nitrogens is 3. The van der Waals surface area contributed by atoms with Gasteiger partial charge in [-0.2, -0.15) is 15.0 Å². The number of aliphatic hydroxyl groups excluding tert-OH is 1.